The number of nitrogens with zero attached hydrogens (tertiary/aromatic N) is 2. The van der Waals surface area contributed by atoms with E-state index >= 15 is 0 Å². The van der Waals surface area contributed by atoms with Crippen molar-refractivity contribution in [1.82, 2.24) is 3.93 Å². The van der Waals surface area contributed by atoms with E-state index in [0.29, 0.717) is 11.5 Å². The lowest BCUT2D eigenvalue weighted by molar-refractivity contribution is 0.0601. The predicted octanol–water partition coefficient (Wildman–Crippen LogP) is 2.36. The maximum atomic E-state index is 11.4. The van der Waals surface area contributed by atoms with E-state index in [1.165, 1.54) is 7.11 Å². The van der Waals surface area contributed by atoms with Crippen molar-refractivity contribution in [1.29, 1.82) is 0 Å². The van der Waals surface area contributed by atoms with Crippen molar-refractivity contribution in [3.63, 3.8) is 0 Å². The Kier molecular flexibility index (Phi) is 5.44. The number of rotatable bonds is 4. The molecule has 0 bridgehead atoms. The molecule has 1 heterocycles. The molecule has 1 unspecified atom stereocenters. The van der Waals surface area contributed by atoms with Gasteiger partial charge in [-0.1, -0.05) is 5.92 Å². The summed E-state index contributed by atoms with van der Waals surface area (Å²) in [5.74, 6) is 2.45. The number of ether oxygens (including phenoxy) is 2. The Hall–Kier alpha value is -2.46. The fraction of sp³-hybridized carbons (Fsp3) is 0.200. The summed E-state index contributed by atoms with van der Waals surface area (Å²) in [4.78, 5) is 15.7. The minimum Gasteiger partial charge on any atom is -0.465 e. The summed E-state index contributed by atoms with van der Waals surface area (Å²) in [5.41, 5.74) is 1.27. The van der Waals surface area contributed by atoms with Crippen LogP contribution in [0.4, 0.5) is 5.69 Å². The maximum Gasteiger partial charge on any atom is 0.337 e. The molecule has 1 aliphatic rings. The first-order valence-electron chi connectivity index (χ1n) is 6.35. The first-order valence-corrected chi connectivity index (χ1v) is 7.06. The second-order valence-electron chi connectivity index (χ2n) is 4.21. The van der Waals surface area contributed by atoms with Gasteiger partial charge in [-0.15, -0.1) is 6.42 Å². The standard InChI is InChI=1S/C15H14BrN3O3/c1-3-10-22-13-8-9-19(16)15(18-13)17-12-6-4-11(5-7-12)14(20)21-2/h1,4-9,15,17H,10H2,2H3. The molecule has 0 radical (unpaired) electrons. The van der Waals surface area contributed by atoms with E-state index in [2.05, 4.69) is 37.1 Å². The first kappa shape index (κ1) is 15.9. The molecule has 7 heteroatoms. The summed E-state index contributed by atoms with van der Waals surface area (Å²) < 4.78 is 11.6. The van der Waals surface area contributed by atoms with Crippen LogP contribution in [0.3, 0.4) is 0 Å². The molecule has 0 aliphatic carbocycles. The number of nitrogens with one attached hydrogen (secondary N) is 1. The lowest BCUT2D eigenvalue weighted by Gasteiger charge is -2.26. The highest BCUT2D eigenvalue weighted by atomic mass is 79.9. The van der Waals surface area contributed by atoms with Gasteiger partial charge in [-0.25, -0.2) is 9.79 Å². The van der Waals surface area contributed by atoms with Crippen LogP contribution < -0.4 is 5.32 Å². The van der Waals surface area contributed by atoms with Crippen molar-refractivity contribution in [3.05, 3.63) is 42.1 Å². The molecule has 0 spiro atoms. The smallest absolute Gasteiger partial charge is 0.337 e. The average Bonchev–Trinajstić information content (AvgIpc) is 2.55. The minimum absolute atomic E-state index is 0.159. The van der Waals surface area contributed by atoms with Crippen molar-refractivity contribution in [2.45, 2.75) is 6.29 Å². The molecule has 1 aliphatic heterocycles. The van der Waals surface area contributed by atoms with Crippen molar-refractivity contribution in [2.24, 2.45) is 4.99 Å². The first-order chi connectivity index (χ1) is 10.6. The van der Waals surface area contributed by atoms with E-state index in [1.807, 2.05) is 0 Å². The largest absolute Gasteiger partial charge is 0.465 e. The fourth-order valence-corrected chi connectivity index (χ4v) is 2.01. The highest BCUT2D eigenvalue weighted by Crippen LogP contribution is 2.18. The molecule has 0 aromatic heterocycles. The van der Waals surface area contributed by atoms with E-state index in [1.54, 1.807) is 40.5 Å². The monoisotopic (exact) mass is 363 g/mol. The Bertz CT molecular complexity index is 634. The summed E-state index contributed by atoms with van der Waals surface area (Å²) in [7, 11) is 1.35. The van der Waals surface area contributed by atoms with Gasteiger partial charge in [0.25, 0.3) is 0 Å². The summed E-state index contributed by atoms with van der Waals surface area (Å²) in [6.07, 6.45) is 8.22. The molecular weight excluding hydrogens is 350 g/mol. The molecule has 2 rings (SSSR count). The number of benzene rings is 1. The van der Waals surface area contributed by atoms with Gasteiger partial charge in [0.1, 0.15) is 0 Å². The molecule has 114 valence electrons. The van der Waals surface area contributed by atoms with Crippen LogP contribution in [-0.2, 0) is 9.47 Å². The number of carbonyl (C=O) groups is 1. The Morgan fingerprint density at radius 3 is 2.86 bits per heavy atom. The van der Waals surface area contributed by atoms with Crippen molar-refractivity contribution in [2.75, 3.05) is 19.0 Å². The quantitative estimate of drug-likeness (QED) is 0.505. The molecular formula is C15H14BrN3O3. The van der Waals surface area contributed by atoms with Crippen molar-refractivity contribution >= 4 is 33.7 Å². The van der Waals surface area contributed by atoms with Crippen molar-refractivity contribution < 1.29 is 14.3 Å². The third-order valence-corrected chi connectivity index (χ3v) is 3.37. The minimum atomic E-state index is -0.401. The van der Waals surface area contributed by atoms with Gasteiger partial charge in [0.15, 0.2) is 6.61 Å². The van der Waals surface area contributed by atoms with Gasteiger partial charge in [0.05, 0.1) is 28.8 Å². The summed E-state index contributed by atoms with van der Waals surface area (Å²) >= 11 is 3.36. The number of esters is 1. The van der Waals surface area contributed by atoms with Crippen LogP contribution in [0.5, 0.6) is 0 Å². The molecule has 0 fully saturated rings. The summed E-state index contributed by atoms with van der Waals surface area (Å²) in [6, 6.07) is 6.88. The van der Waals surface area contributed by atoms with Gasteiger partial charge in [-0.2, -0.15) is 0 Å². The fourth-order valence-electron chi connectivity index (χ4n) is 1.70. The van der Waals surface area contributed by atoms with Gasteiger partial charge in [-0.05, 0) is 24.3 Å². The second-order valence-corrected chi connectivity index (χ2v) is 5.03. The van der Waals surface area contributed by atoms with Crippen LogP contribution in [0.1, 0.15) is 10.4 Å². The summed E-state index contributed by atoms with van der Waals surface area (Å²) in [5, 5.41) is 3.18. The highest BCUT2D eigenvalue weighted by Gasteiger charge is 2.17. The Morgan fingerprint density at radius 1 is 1.50 bits per heavy atom. The number of hydrogen-bond acceptors (Lipinski definition) is 6. The Labute approximate surface area is 137 Å². The second kappa shape index (κ2) is 7.52. The van der Waals surface area contributed by atoms with Gasteiger partial charge in [-0.3, -0.25) is 3.93 Å². The van der Waals surface area contributed by atoms with Crippen LogP contribution in [0.25, 0.3) is 0 Å². The SMILES string of the molecule is C#CCOC1=NC(Nc2ccc(C(=O)OC)cc2)N(Br)C=C1. The van der Waals surface area contributed by atoms with Crippen LogP contribution in [0.15, 0.2) is 41.5 Å². The molecule has 1 aromatic rings. The number of hydrogen-bond donors (Lipinski definition) is 1. The third kappa shape index (κ3) is 4.02. The van der Waals surface area contributed by atoms with E-state index < -0.39 is 6.29 Å². The zero-order chi connectivity index (χ0) is 15.9. The highest BCUT2D eigenvalue weighted by molar-refractivity contribution is 9.07. The third-order valence-electron chi connectivity index (χ3n) is 2.75. The number of aliphatic imine (C=N–C) groups is 1. The van der Waals surface area contributed by atoms with Crippen LogP contribution in [-0.4, -0.2) is 35.8 Å². The van der Waals surface area contributed by atoms with Gasteiger partial charge >= 0.3 is 5.97 Å². The van der Waals surface area contributed by atoms with Crippen LogP contribution in [0.2, 0.25) is 0 Å². The zero-order valence-electron chi connectivity index (χ0n) is 11.8. The molecule has 1 atom stereocenters. The van der Waals surface area contributed by atoms with E-state index in [4.69, 9.17) is 11.2 Å². The molecule has 0 amide bonds. The Morgan fingerprint density at radius 2 is 2.23 bits per heavy atom. The topological polar surface area (TPSA) is 63.2 Å². The lowest BCUT2D eigenvalue weighted by Crippen LogP contribution is -2.33. The van der Waals surface area contributed by atoms with Gasteiger partial charge < -0.3 is 14.8 Å². The number of methoxy groups -OCH3 is 1. The van der Waals surface area contributed by atoms with E-state index in [9.17, 15) is 4.79 Å². The number of terminal acetylenes is 1. The molecule has 1 N–H and O–H groups in total. The number of carbonyl (C=O) groups excluding carboxylic acids is 1. The normalized spacial score (nSPS) is 16.5. The Balaban J connectivity index is 2.05. The van der Waals surface area contributed by atoms with Gasteiger partial charge in [0.2, 0.25) is 12.2 Å². The van der Waals surface area contributed by atoms with Crippen LogP contribution in [0, 0.1) is 12.3 Å². The van der Waals surface area contributed by atoms with Crippen LogP contribution >= 0.6 is 16.1 Å². The summed E-state index contributed by atoms with van der Waals surface area (Å²) in [6.45, 7) is 0.159. The predicted molar refractivity (Wildman–Crippen MR) is 87.3 cm³/mol. The number of anilines is 1. The van der Waals surface area contributed by atoms with E-state index in [0.717, 1.165) is 5.69 Å². The molecule has 22 heavy (non-hydrogen) atoms. The molecule has 6 nitrogen and oxygen atoms in total. The van der Waals surface area contributed by atoms with E-state index in [-0.39, 0.29) is 12.6 Å². The van der Waals surface area contributed by atoms with Gasteiger partial charge in [0, 0.05) is 18.0 Å². The lowest BCUT2D eigenvalue weighted by atomic mass is 10.2. The zero-order valence-corrected chi connectivity index (χ0v) is 13.4. The molecule has 0 saturated carbocycles. The number of halogens is 1. The molecule has 1 aromatic carbocycles. The van der Waals surface area contributed by atoms with Crippen molar-refractivity contribution in [3.8, 4) is 12.3 Å². The average molecular weight is 364 g/mol. The maximum absolute atomic E-state index is 11.4. The molecule has 0 saturated heterocycles.